The van der Waals surface area contributed by atoms with Crippen molar-refractivity contribution in [1.82, 2.24) is 25.1 Å². The van der Waals surface area contributed by atoms with Crippen LogP contribution < -0.4 is 4.74 Å². The zero-order chi connectivity index (χ0) is 12.3. The lowest BCUT2D eigenvalue weighted by Crippen LogP contribution is -2.15. The minimum Gasteiger partial charge on any atom is -0.477 e. The first kappa shape index (κ1) is 12.1. The van der Waals surface area contributed by atoms with Gasteiger partial charge in [0.05, 0.1) is 12.8 Å². The molecule has 0 amide bonds. The molecule has 2 aromatic heterocycles. The molecule has 2 aromatic rings. The average molecular weight is 256 g/mol. The molecule has 0 unspecified atom stereocenters. The molecule has 92 valence electrons. The minimum atomic E-state index is 0.157. The lowest BCUT2D eigenvalue weighted by atomic mass is 10.4. The fourth-order valence-corrected chi connectivity index (χ4v) is 1.60. The Morgan fingerprint density at radius 1 is 1.41 bits per heavy atom. The first-order chi connectivity index (χ1) is 8.16. The molecule has 0 atom stereocenters. The van der Waals surface area contributed by atoms with Crippen molar-refractivity contribution >= 4 is 22.6 Å². The van der Waals surface area contributed by atoms with Crippen molar-refractivity contribution in [3.63, 3.8) is 0 Å². The quantitative estimate of drug-likeness (QED) is 0.645. The number of nitrogens with zero attached hydrogens (tertiary/aromatic N) is 4. The molecule has 1 N–H and O–H groups in total. The number of hydrogen-bond donors (Lipinski definition) is 1. The molecule has 7 heteroatoms. The van der Waals surface area contributed by atoms with E-state index in [9.17, 15) is 0 Å². The van der Waals surface area contributed by atoms with E-state index in [1.54, 1.807) is 6.20 Å². The van der Waals surface area contributed by atoms with Crippen molar-refractivity contribution in [2.75, 3.05) is 27.2 Å². The molecule has 0 aliphatic heterocycles. The lowest BCUT2D eigenvalue weighted by Gasteiger charge is -2.10. The van der Waals surface area contributed by atoms with Gasteiger partial charge in [0, 0.05) is 6.54 Å². The second kappa shape index (κ2) is 5.29. The largest absolute Gasteiger partial charge is 0.477 e. The zero-order valence-corrected chi connectivity index (χ0v) is 10.5. The molecular weight excluding hydrogens is 242 g/mol. The van der Waals surface area contributed by atoms with Crippen LogP contribution >= 0.6 is 11.6 Å². The van der Waals surface area contributed by atoms with Crippen LogP contribution in [0, 0.1) is 0 Å². The number of aromatic amines is 1. The molecule has 0 aliphatic carbocycles. The number of hydrogen-bond acceptors (Lipinski definition) is 5. The van der Waals surface area contributed by atoms with E-state index in [1.807, 2.05) is 14.1 Å². The molecule has 0 bridgehead atoms. The highest BCUT2D eigenvalue weighted by Crippen LogP contribution is 2.21. The van der Waals surface area contributed by atoms with Gasteiger partial charge in [-0.25, -0.2) is 0 Å². The third kappa shape index (κ3) is 3.04. The maximum absolute atomic E-state index is 5.79. The monoisotopic (exact) mass is 255 g/mol. The Morgan fingerprint density at radius 2 is 2.24 bits per heavy atom. The van der Waals surface area contributed by atoms with Crippen LogP contribution in [0.1, 0.15) is 6.42 Å². The Labute approximate surface area is 104 Å². The predicted molar refractivity (Wildman–Crippen MR) is 65.4 cm³/mol. The van der Waals surface area contributed by atoms with Crippen molar-refractivity contribution in [2.24, 2.45) is 0 Å². The zero-order valence-electron chi connectivity index (χ0n) is 9.77. The molecular formula is C10H14ClN5O. The summed E-state index contributed by atoms with van der Waals surface area (Å²) in [5.41, 5.74) is 0.590. The highest BCUT2D eigenvalue weighted by Gasteiger charge is 2.09. The Bertz CT molecular complexity index is 498. The summed E-state index contributed by atoms with van der Waals surface area (Å²) < 4.78 is 5.59. The second-order valence-electron chi connectivity index (χ2n) is 3.94. The van der Waals surface area contributed by atoms with Gasteiger partial charge in [-0.05, 0) is 32.1 Å². The Balaban J connectivity index is 2.04. The van der Waals surface area contributed by atoms with Gasteiger partial charge in [-0.15, -0.1) is 0 Å². The van der Waals surface area contributed by atoms with E-state index in [2.05, 4.69) is 25.1 Å². The molecule has 0 spiro atoms. The molecule has 0 aromatic carbocycles. The van der Waals surface area contributed by atoms with Gasteiger partial charge in [0.15, 0.2) is 5.65 Å². The Morgan fingerprint density at radius 3 is 3.00 bits per heavy atom. The van der Waals surface area contributed by atoms with E-state index in [-0.39, 0.29) is 5.28 Å². The number of fused-ring (bicyclic) bond motifs is 1. The van der Waals surface area contributed by atoms with Crippen molar-refractivity contribution in [2.45, 2.75) is 6.42 Å². The van der Waals surface area contributed by atoms with E-state index in [1.165, 1.54) is 0 Å². The number of nitrogens with one attached hydrogen (secondary N) is 1. The summed E-state index contributed by atoms with van der Waals surface area (Å²) in [6, 6.07) is 0. The van der Waals surface area contributed by atoms with Gasteiger partial charge in [-0.3, -0.25) is 5.10 Å². The molecule has 0 fully saturated rings. The third-order valence-corrected chi connectivity index (χ3v) is 2.40. The van der Waals surface area contributed by atoms with Crippen LogP contribution in [0.5, 0.6) is 5.88 Å². The predicted octanol–water partition coefficient (Wildman–Crippen LogP) is 1.34. The summed E-state index contributed by atoms with van der Waals surface area (Å²) in [4.78, 5) is 10.2. The Hall–Kier alpha value is -1.40. The molecule has 0 aliphatic rings. The normalized spacial score (nSPS) is 11.3. The molecule has 0 saturated heterocycles. The summed E-state index contributed by atoms with van der Waals surface area (Å²) in [5, 5.41) is 7.53. The summed E-state index contributed by atoms with van der Waals surface area (Å²) in [5.74, 6) is 0.479. The first-order valence-electron chi connectivity index (χ1n) is 5.31. The van der Waals surface area contributed by atoms with Crippen LogP contribution in [0.15, 0.2) is 6.20 Å². The highest BCUT2D eigenvalue weighted by molar-refractivity contribution is 6.28. The second-order valence-corrected chi connectivity index (χ2v) is 4.27. The van der Waals surface area contributed by atoms with Gasteiger partial charge in [0.25, 0.3) is 0 Å². The number of ether oxygens (including phenoxy) is 1. The van der Waals surface area contributed by atoms with Crippen LogP contribution in [-0.4, -0.2) is 52.3 Å². The van der Waals surface area contributed by atoms with Crippen LogP contribution in [0.3, 0.4) is 0 Å². The van der Waals surface area contributed by atoms with Crippen molar-refractivity contribution < 1.29 is 4.74 Å². The maximum atomic E-state index is 5.79. The summed E-state index contributed by atoms with van der Waals surface area (Å²) in [6.07, 6.45) is 2.56. The van der Waals surface area contributed by atoms with E-state index < -0.39 is 0 Å². The number of aromatic nitrogens is 4. The van der Waals surface area contributed by atoms with E-state index >= 15 is 0 Å². The molecule has 0 saturated carbocycles. The van der Waals surface area contributed by atoms with Crippen LogP contribution in [0.25, 0.3) is 11.0 Å². The van der Waals surface area contributed by atoms with Crippen molar-refractivity contribution in [1.29, 1.82) is 0 Å². The SMILES string of the molecule is CN(C)CCCOc1nc(Cl)nc2[nH]ncc12. The first-order valence-corrected chi connectivity index (χ1v) is 5.69. The van der Waals surface area contributed by atoms with Gasteiger partial charge in [-0.2, -0.15) is 15.1 Å². The smallest absolute Gasteiger partial charge is 0.229 e. The summed E-state index contributed by atoms with van der Waals surface area (Å²) >= 11 is 5.79. The topological polar surface area (TPSA) is 66.9 Å². The van der Waals surface area contributed by atoms with Crippen LogP contribution in [0.2, 0.25) is 5.28 Å². The van der Waals surface area contributed by atoms with Crippen molar-refractivity contribution in [3.8, 4) is 5.88 Å². The standard InChI is InChI=1S/C10H14ClN5O/c1-16(2)4-3-5-17-9-7-6-12-15-8(7)13-10(11)14-9/h6H,3-5H2,1-2H3,(H,12,13,14,15). The Kier molecular flexibility index (Phi) is 3.75. The number of H-pyrrole nitrogens is 1. The van der Waals surface area contributed by atoms with E-state index in [4.69, 9.17) is 16.3 Å². The summed E-state index contributed by atoms with van der Waals surface area (Å²) in [7, 11) is 4.05. The minimum absolute atomic E-state index is 0.157. The summed E-state index contributed by atoms with van der Waals surface area (Å²) in [6.45, 7) is 1.55. The van der Waals surface area contributed by atoms with Crippen molar-refractivity contribution in [3.05, 3.63) is 11.5 Å². The molecule has 0 radical (unpaired) electrons. The van der Waals surface area contributed by atoms with Gasteiger partial charge < -0.3 is 9.64 Å². The van der Waals surface area contributed by atoms with Crippen LogP contribution in [-0.2, 0) is 0 Å². The molecule has 17 heavy (non-hydrogen) atoms. The molecule has 2 rings (SSSR count). The number of halogens is 1. The van der Waals surface area contributed by atoms with Gasteiger partial charge in [0.2, 0.25) is 11.2 Å². The lowest BCUT2D eigenvalue weighted by molar-refractivity contribution is 0.276. The maximum Gasteiger partial charge on any atom is 0.229 e. The van der Waals surface area contributed by atoms with Gasteiger partial charge >= 0.3 is 0 Å². The van der Waals surface area contributed by atoms with Crippen LogP contribution in [0.4, 0.5) is 0 Å². The highest BCUT2D eigenvalue weighted by atomic mass is 35.5. The number of rotatable bonds is 5. The average Bonchev–Trinajstić information content (AvgIpc) is 2.71. The van der Waals surface area contributed by atoms with Gasteiger partial charge in [-0.1, -0.05) is 0 Å². The van der Waals surface area contributed by atoms with E-state index in [0.717, 1.165) is 18.4 Å². The molecule has 2 heterocycles. The van der Waals surface area contributed by atoms with Gasteiger partial charge in [0.1, 0.15) is 5.39 Å². The molecule has 6 nitrogen and oxygen atoms in total. The van der Waals surface area contributed by atoms with E-state index in [0.29, 0.717) is 18.1 Å². The fourth-order valence-electron chi connectivity index (χ4n) is 1.44. The third-order valence-electron chi connectivity index (χ3n) is 2.24. The fraction of sp³-hybridized carbons (Fsp3) is 0.500.